The number of carbonyl (C=O) groups is 2. The van der Waals surface area contributed by atoms with Gasteiger partial charge in [-0.3, -0.25) is 9.69 Å². The van der Waals surface area contributed by atoms with Crippen LogP contribution in [0.15, 0.2) is 0 Å². The maximum atomic E-state index is 11.1. The Morgan fingerprint density at radius 3 is 2.92 bits per heavy atom. The van der Waals surface area contributed by atoms with Gasteiger partial charge in [0.2, 0.25) is 0 Å². The standard InChI is InChI=1S/C8H13NO4/c1-3-6-4-9(8(11)13-6)5-7(10)12-2/h6H,3-5H2,1-2H3. The van der Waals surface area contributed by atoms with E-state index in [-0.39, 0.29) is 12.6 Å². The molecule has 5 heteroatoms. The van der Waals surface area contributed by atoms with E-state index in [4.69, 9.17) is 4.74 Å². The van der Waals surface area contributed by atoms with Crippen molar-refractivity contribution in [2.45, 2.75) is 19.4 Å². The minimum atomic E-state index is -0.433. The summed E-state index contributed by atoms with van der Waals surface area (Å²) in [6.07, 6.45) is 0.248. The van der Waals surface area contributed by atoms with Gasteiger partial charge in [0.05, 0.1) is 13.7 Å². The minimum Gasteiger partial charge on any atom is -0.468 e. The molecule has 1 aliphatic heterocycles. The summed E-state index contributed by atoms with van der Waals surface area (Å²) in [4.78, 5) is 23.3. The number of cyclic esters (lactones) is 1. The molecule has 1 unspecified atom stereocenters. The molecule has 5 nitrogen and oxygen atoms in total. The number of ether oxygens (including phenoxy) is 2. The highest BCUT2D eigenvalue weighted by Gasteiger charge is 2.31. The van der Waals surface area contributed by atoms with Gasteiger partial charge < -0.3 is 9.47 Å². The summed E-state index contributed by atoms with van der Waals surface area (Å²) >= 11 is 0. The molecule has 0 saturated carbocycles. The Morgan fingerprint density at radius 1 is 1.77 bits per heavy atom. The van der Waals surface area contributed by atoms with E-state index >= 15 is 0 Å². The van der Waals surface area contributed by atoms with E-state index in [1.807, 2.05) is 6.92 Å². The molecule has 1 atom stereocenters. The Balaban J connectivity index is 2.43. The maximum absolute atomic E-state index is 11.1. The zero-order valence-electron chi connectivity index (χ0n) is 7.78. The van der Waals surface area contributed by atoms with Gasteiger partial charge in [0.15, 0.2) is 0 Å². The first-order valence-corrected chi connectivity index (χ1v) is 4.19. The molecule has 1 aliphatic rings. The van der Waals surface area contributed by atoms with Crippen molar-refractivity contribution >= 4 is 12.1 Å². The van der Waals surface area contributed by atoms with Crippen molar-refractivity contribution in [3.05, 3.63) is 0 Å². The van der Waals surface area contributed by atoms with Crippen LogP contribution in [-0.4, -0.2) is 43.3 Å². The predicted octanol–water partition coefficient (Wildman–Crippen LogP) is 0.390. The van der Waals surface area contributed by atoms with Crippen LogP contribution in [0.5, 0.6) is 0 Å². The molecular weight excluding hydrogens is 174 g/mol. The van der Waals surface area contributed by atoms with Crippen molar-refractivity contribution in [2.24, 2.45) is 0 Å². The first kappa shape index (κ1) is 9.83. The lowest BCUT2D eigenvalue weighted by Crippen LogP contribution is -2.31. The van der Waals surface area contributed by atoms with Crippen LogP contribution in [0.1, 0.15) is 13.3 Å². The number of rotatable bonds is 3. The molecule has 0 spiro atoms. The van der Waals surface area contributed by atoms with E-state index in [9.17, 15) is 9.59 Å². The quantitative estimate of drug-likeness (QED) is 0.600. The van der Waals surface area contributed by atoms with Gasteiger partial charge in [0, 0.05) is 0 Å². The van der Waals surface area contributed by atoms with E-state index in [0.717, 1.165) is 6.42 Å². The zero-order chi connectivity index (χ0) is 9.84. The van der Waals surface area contributed by atoms with Crippen molar-refractivity contribution in [1.82, 2.24) is 4.90 Å². The lowest BCUT2D eigenvalue weighted by molar-refractivity contribution is -0.141. The number of esters is 1. The summed E-state index contributed by atoms with van der Waals surface area (Å²) in [7, 11) is 1.29. The fraction of sp³-hybridized carbons (Fsp3) is 0.750. The molecule has 1 rings (SSSR count). The van der Waals surface area contributed by atoms with Gasteiger partial charge in [0.25, 0.3) is 0 Å². The monoisotopic (exact) mass is 187 g/mol. The molecule has 0 N–H and O–H groups in total. The van der Waals surface area contributed by atoms with Crippen LogP contribution in [0.2, 0.25) is 0 Å². The molecule has 0 aromatic carbocycles. The Morgan fingerprint density at radius 2 is 2.46 bits per heavy atom. The lowest BCUT2D eigenvalue weighted by Gasteiger charge is -2.09. The van der Waals surface area contributed by atoms with Crippen LogP contribution in [0.3, 0.4) is 0 Å². The minimum absolute atomic E-state index is 0.0220. The molecule has 0 radical (unpaired) electrons. The van der Waals surface area contributed by atoms with E-state index in [1.165, 1.54) is 12.0 Å². The fourth-order valence-electron chi connectivity index (χ4n) is 1.14. The molecule has 1 saturated heterocycles. The fourth-order valence-corrected chi connectivity index (χ4v) is 1.14. The van der Waals surface area contributed by atoms with E-state index in [1.54, 1.807) is 0 Å². The van der Waals surface area contributed by atoms with Gasteiger partial charge in [-0.15, -0.1) is 0 Å². The van der Waals surface area contributed by atoms with Crippen LogP contribution in [-0.2, 0) is 14.3 Å². The van der Waals surface area contributed by atoms with Crippen LogP contribution in [0.4, 0.5) is 4.79 Å². The summed E-state index contributed by atoms with van der Waals surface area (Å²) in [5, 5.41) is 0. The summed E-state index contributed by atoms with van der Waals surface area (Å²) in [6.45, 7) is 2.38. The number of amides is 1. The Kier molecular flexibility index (Phi) is 3.11. The summed E-state index contributed by atoms with van der Waals surface area (Å²) in [5.41, 5.74) is 0. The van der Waals surface area contributed by atoms with Gasteiger partial charge in [-0.05, 0) is 6.42 Å². The second kappa shape index (κ2) is 4.11. The van der Waals surface area contributed by atoms with Gasteiger partial charge >= 0.3 is 12.1 Å². The van der Waals surface area contributed by atoms with Crippen molar-refractivity contribution in [1.29, 1.82) is 0 Å². The summed E-state index contributed by atoms with van der Waals surface area (Å²) in [5.74, 6) is -0.422. The highest BCUT2D eigenvalue weighted by Crippen LogP contribution is 2.12. The number of hydrogen-bond donors (Lipinski definition) is 0. The molecule has 13 heavy (non-hydrogen) atoms. The lowest BCUT2D eigenvalue weighted by atomic mass is 10.3. The largest absolute Gasteiger partial charge is 0.468 e. The smallest absolute Gasteiger partial charge is 0.410 e. The topological polar surface area (TPSA) is 55.8 Å². The molecule has 1 amide bonds. The van der Waals surface area contributed by atoms with Crippen molar-refractivity contribution in [2.75, 3.05) is 20.2 Å². The highest BCUT2D eigenvalue weighted by atomic mass is 16.6. The molecule has 74 valence electrons. The van der Waals surface area contributed by atoms with E-state index < -0.39 is 12.1 Å². The molecule has 1 fully saturated rings. The van der Waals surface area contributed by atoms with Gasteiger partial charge in [-0.2, -0.15) is 0 Å². The van der Waals surface area contributed by atoms with E-state index in [2.05, 4.69) is 4.74 Å². The second-order valence-electron chi connectivity index (χ2n) is 2.87. The molecular formula is C8H13NO4. The average molecular weight is 187 g/mol. The third kappa shape index (κ3) is 2.34. The Hall–Kier alpha value is -1.26. The Labute approximate surface area is 76.6 Å². The van der Waals surface area contributed by atoms with Crippen LogP contribution in [0, 0.1) is 0 Å². The average Bonchev–Trinajstić information content (AvgIpc) is 2.47. The molecule has 1 heterocycles. The van der Waals surface area contributed by atoms with Crippen molar-refractivity contribution < 1.29 is 19.1 Å². The third-order valence-electron chi connectivity index (χ3n) is 1.95. The van der Waals surface area contributed by atoms with Crippen LogP contribution >= 0.6 is 0 Å². The summed E-state index contributed by atoms with van der Waals surface area (Å²) < 4.78 is 9.39. The van der Waals surface area contributed by atoms with Crippen molar-refractivity contribution in [3.8, 4) is 0 Å². The predicted molar refractivity (Wildman–Crippen MR) is 44.1 cm³/mol. The van der Waals surface area contributed by atoms with Crippen LogP contribution < -0.4 is 0 Å². The van der Waals surface area contributed by atoms with Gasteiger partial charge in [-0.1, -0.05) is 6.92 Å². The highest BCUT2D eigenvalue weighted by molar-refractivity contribution is 5.79. The van der Waals surface area contributed by atoms with Gasteiger partial charge in [-0.25, -0.2) is 4.79 Å². The molecule has 0 aromatic heterocycles. The molecule has 0 bridgehead atoms. The third-order valence-corrected chi connectivity index (χ3v) is 1.95. The van der Waals surface area contributed by atoms with Crippen LogP contribution in [0.25, 0.3) is 0 Å². The van der Waals surface area contributed by atoms with Crippen molar-refractivity contribution in [3.63, 3.8) is 0 Å². The first-order valence-electron chi connectivity index (χ1n) is 4.19. The second-order valence-corrected chi connectivity index (χ2v) is 2.87. The number of methoxy groups -OCH3 is 1. The first-order chi connectivity index (χ1) is 6.17. The molecule has 0 aliphatic carbocycles. The Bertz CT molecular complexity index is 216. The normalized spacial score (nSPS) is 21.5. The van der Waals surface area contributed by atoms with E-state index in [0.29, 0.717) is 6.54 Å². The number of hydrogen-bond acceptors (Lipinski definition) is 4. The van der Waals surface area contributed by atoms with Gasteiger partial charge in [0.1, 0.15) is 12.6 Å². The number of carbonyl (C=O) groups excluding carboxylic acids is 2. The maximum Gasteiger partial charge on any atom is 0.410 e. The SMILES string of the molecule is CCC1CN(CC(=O)OC)C(=O)O1. The molecule has 0 aromatic rings. The summed E-state index contributed by atoms with van der Waals surface area (Å²) in [6, 6.07) is 0. The zero-order valence-corrected chi connectivity index (χ0v) is 7.78. The number of nitrogens with zero attached hydrogens (tertiary/aromatic N) is 1.